The van der Waals surface area contributed by atoms with Crippen molar-refractivity contribution in [2.24, 2.45) is 14.1 Å². The number of rotatable bonds is 4. The predicted octanol–water partition coefficient (Wildman–Crippen LogP) is -0.0313. The molecule has 0 fully saturated rings. The van der Waals surface area contributed by atoms with Gasteiger partial charge in [0.25, 0.3) is 0 Å². The Bertz CT molecular complexity index is 771. The second-order valence-electron chi connectivity index (χ2n) is 4.64. The van der Waals surface area contributed by atoms with E-state index in [-0.39, 0.29) is 5.69 Å². The monoisotopic (exact) mass is 283 g/mol. The summed E-state index contributed by atoms with van der Waals surface area (Å²) < 4.78 is 27.6. The number of aryl methyl sites for hydroxylation is 2. The summed E-state index contributed by atoms with van der Waals surface area (Å²) in [6.07, 6.45) is 1.73. The number of imidazole rings is 1. The first-order valence-electron chi connectivity index (χ1n) is 5.88. The lowest BCUT2D eigenvalue weighted by molar-refractivity contribution is 0.588. The fraction of sp³-hybridized carbons (Fsp3) is 0.417. The van der Waals surface area contributed by atoms with E-state index >= 15 is 0 Å². The molecule has 2 rings (SSSR count). The van der Waals surface area contributed by atoms with Crippen molar-refractivity contribution in [1.29, 1.82) is 0 Å². The Hall–Kier alpha value is -1.60. The van der Waals surface area contributed by atoms with Crippen LogP contribution < -0.4 is 10.4 Å². The zero-order valence-corrected chi connectivity index (χ0v) is 12.0. The minimum absolute atomic E-state index is 0.0681. The lowest BCUT2D eigenvalue weighted by Crippen LogP contribution is -2.24. The highest BCUT2D eigenvalue weighted by atomic mass is 32.2. The molecule has 104 valence electrons. The molecule has 0 aliphatic rings. The molecule has 0 radical (unpaired) electrons. The second-order valence-corrected chi connectivity index (χ2v) is 6.47. The maximum absolute atomic E-state index is 11.8. The normalized spacial score (nSPS) is 12.2. The second kappa shape index (κ2) is 4.82. The van der Waals surface area contributed by atoms with Gasteiger partial charge in [-0.1, -0.05) is 6.07 Å². The van der Waals surface area contributed by atoms with E-state index in [1.165, 1.54) is 0 Å². The van der Waals surface area contributed by atoms with E-state index in [1.807, 2.05) is 18.2 Å². The molecular formula is C12H17N3O3S. The van der Waals surface area contributed by atoms with Gasteiger partial charge in [0.05, 0.1) is 17.3 Å². The minimum Gasteiger partial charge on any atom is -0.295 e. The van der Waals surface area contributed by atoms with Crippen LogP contribution in [0.5, 0.6) is 0 Å². The number of nitrogens with one attached hydrogen (secondary N) is 1. The average molecular weight is 283 g/mol. The molecule has 0 spiro atoms. The molecule has 0 unspecified atom stereocenters. The predicted molar refractivity (Wildman–Crippen MR) is 74.7 cm³/mol. The minimum atomic E-state index is -3.16. The third kappa shape index (κ3) is 2.87. The molecule has 0 bridgehead atoms. The van der Waals surface area contributed by atoms with Crippen molar-refractivity contribution in [1.82, 2.24) is 13.9 Å². The Morgan fingerprint density at radius 1 is 1.16 bits per heavy atom. The van der Waals surface area contributed by atoms with Crippen LogP contribution in [0.4, 0.5) is 0 Å². The van der Waals surface area contributed by atoms with Crippen molar-refractivity contribution < 1.29 is 8.42 Å². The van der Waals surface area contributed by atoms with Crippen molar-refractivity contribution in [3.05, 3.63) is 34.2 Å². The maximum atomic E-state index is 11.8. The van der Waals surface area contributed by atoms with Gasteiger partial charge in [0.15, 0.2) is 0 Å². The van der Waals surface area contributed by atoms with Gasteiger partial charge in [-0.2, -0.15) is 0 Å². The highest BCUT2D eigenvalue weighted by Gasteiger charge is 2.08. The van der Waals surface area contributed by atoms with E-state index in [2.05, 4.69) is 4.72 Å². The first-order valence-corrected chi connectivity index (χ1v) is 7.78. The van der Waals surface area contributed by atoms with Crippen LogP contribution in [-0.4, -0.2) is 30.4 Å². The summed E-state index contributed by atoms with van der Waals surface area (Å²) in [5.74, 6) is 0. The molecule has 7 heteroatoms. The van der Waals surface area contributed by atoms with E-state index in [1.54, 1.807) is 23.2 Å². The molecule has 1 heterocycles. The van der Waals surface area contributed by atoms with Gasteiger partial charge in [-0.25, -0.2) is 17.9 Å². The number of sulfonamides is 1. The fourth-order valence-electron chi connectivity index (χ4n) is 2.09. The number of benzene rings is 1. The van der Waals surface area contributed by atoms with Crippen LogP contribution in [0, 0.1) is 0 Å². The number of hydrogen-bond acceptors (Lipinski definition) is 3. The third-order valence-corrected chi connectivity index (χ3v) is 3.84. The van der Waals surface area contributed by atoms with Gasteiger partial charge in [-0.15, -0.1) is 0 Å². The third-order valence-electron chi connectivity index (χ3n) is 3.11. The molecule has 1 N–H and O–H groups in total. The van der Waals surface area contributed by atoms with Gasteiger partial charge in [0.1, 0.15) is 0 Å². The Balaban J connectivity index is 2.27. The lowest BCUT2D eigenvalue weighted by atomic mass is 10.1. The molecule has 0 saturated carbocycles. The van der Waals surface area contributed by atoms with Crippen LogP contribution in [0.15, 0.2) is 23.0 Å². The van der Waals surface area contributed by atoms with Crippen molar-refractivity contribution >= 4 is 21.1 Å². The van der Waals surface area contributed by atoms with Crippen molar-refractivity contribution in [2.45, 2.75) is 6.42 Å². The van der Waals surface area contributed by atoms with Crippen LogP contribution in [-0.2, 0) is 30.5 Å². The zero-order chi connectivity index (χ0) is 14.2. The zero-order valence-electron chi connectivity index (χ0n) is 11.2. The van der Waals surface area contributed by atoms with Crippen molar-refractivity contribution in [2.75, 3.05) is 12.8 Å². The number of fused-ring (bicyclic) bond motifs is 1. The van der Waals surface area contributed by atoms with Gasteiger partial charge in [-0.3, -0.25) is 9.13 Å². The summed E-state index contributed by atoms with van der Waals surface area (Å²) in [5.41, 5.74) is 2.64. The van der Waals surface area contributed by atoms with Gasteiger partial charge in [0.2, 0.25) is 10.0 Å². The molecule has 0 atom stereocenters. The van der Waals surface area contributed by atoms with Crippen LogP contribution in [0.1, 0.15) is 5.56 Å². The van der Waals surface area contributed by atoms with Crippen molar-refractivity contribution in [3.8, 4) is 0 Å². The molecule has 1 aromatic carbocycles. The maximum Gasteiger partial charge on any atom is 0.328 e. The van der Waals surface area contributed by atoms with E-state index in [9.17, 15) is 13.2 Å². The quantitative estimate of drug-likeness (QED) is 0.856. The first kappa shape index (κ1) is 13.8. The standard InChI is InChI=1S/C12H17N3O3S/c1-14-10-5-4-9(6-7-13-19(3,17)18)8-11(10)15(2)12(14)16/h4-5,8,13H,6-7H2,1-3H3. The average Bonchev–Trinajstić information content (AvgIpc) is 2.53. The number of nitrogens with zero attached hydrogens (tertiary/aromatic N) is 2. The Morgan fingerprint density at radius 2 is 1.79 bits per heavy atom. The molecular weight excluding hydrogens is 266 g/mol. The fourth-order valence-corrected chi connectivity index (χ4v) is 2.56. The molecule has 1 aromatic heterocycles. The summed E-state index contributed by atoms with van der Waals surface area (Å²) in [5, 5.41) is 0. The van der Waals surface area contributed by atoms with Crippen LogP contribution in [0.25, 0.3) is 11.0 Å². The van der Waals surface area contributed by atoms with E-state index in [0.29, 0.717) is 13.0 Å². The largest absolute Gasteiger partial charge is 0.328 e. The van der Waals surface area contributed by atoms with Crippen LogP contribution in [0.3, 0.4) is 0 Å². The highest BCUT2D eigenvalue weighted by molar-refractivity contribution is 7.88. The Morgan fingerprint density at radius 3 is 2.42 bits per heavy atom. The highest BCUT2D eigenvalue weighted by Crippen LogP contribution is 2.14. The molecule has 0 aliphatic heterocycles. The van der Waals surface area contributed by atoms with E-state index in [0.717, 1.165) is 22.9 Å². The van der Waals surface area contributed by atoms with E-state index < -0.39 is 10.0 Å². The molecule has 19 heavy (non-hydrogen) atoms. The first-order chi connectivity index (χ1) is 8.79. The Labute approximate surface area is 111 Å². The van der Waals surface area contributed by atoms with Gasteiger partial charge in [-0.05, 0) is 24.1 Å². The summed E-state index contributed by atoms with van der Waals surface area (Å²) in [6, 6.07) is 5.71. The molecule has 6 nitrogen and oxygen atoms in total. The molecule has 0 aliphatic carbocycles. The molecule has 0 saturated heterocycles. The molecule has 0 amide bonds. The number of hydrogen-bond donors (Lipinski definition) is 1. The summed E-state index contributed by atoms with van der Waals surface area (Å²) in [4.78, 5) is 11.8. The van der Waals surface area contributed by atoms with Crippen molar-refractivity contribution in [3.63, 3.8) is 0 Å². The van der Waals surface area contributed by atoms with Gasteiger partial charge >= 0.3 is 5.69 Å². The smallest absolute Gasteiger partial charge is 0.295 e. The van der Waals surface area contributed by atoms with E-state index in [4.69, 9.17) is 0 Å². The van der Waals surface area contributed by atoms with Crippen LogP contribution >= 0.6 is 0 Å². The van der Waals surface area contributed by atoms with Gasteiger partial charge < -0.3 is 0 Å². The summed E-state index contributed by atoms with van der Waals surface area (Å²) in [7, 11) is 0.300. The summed E-state index contributed by atoms with van der Waals surface area (Å²) >= 11 is 0. The van der Waals surface area contributed by atoms with Crippen LogP contribution in [0.2, 0.25) is 0 Å². The summed E-state index contributed by atoms with van der Waals surface area (Å²) in [6.45, 7) is 0.352. The molecule has 2 aromatic rings. The Kier molecular flexibility index (Phi) is 3.51. The van der Waals surface area contributed by atoms with Gasteiger partial charge in [0, 0.05) is 20.6 Å². The SMILES string of the molecule is Cn1c(=O)n(C)c2cc(CCNS(C)(=O)=O)ccc21. The lowest BCUT2D eigenvalue weighted by Gasteiger charge is -2.04. The number of aromatic nitrogens is 2. The topological polar surface area (TPSA) is 73.1 Å².